The smallest absolute Gasteiger partial charge is 0.250 e. The van der Waals surface area contributed by atoms with Gasteiger partial charge in [-0.05, 0) is 60.5 Å². The van der Waals surface area contributed by atoms with Gasteiger partial charge in [0.05, 0.1) is 19.1 Å². The zero-order valence-electron chi connectivity index (χ0n) is 18.9. The first kappa shape index (κ1) is 27.0. The summed E-state index contributed by atoms with van der Waals surface area (Å²) in [7, 11) is 1.56. The van der Waals surface area contributed by atoms with Crippen LogP contribution in [0.15, 0.2) is 77.2 Å². The number of hydrogen-bond donors (Lipinski definition) is 1. The van der Waals surface area contributed by atoms with Crippen molar-refractivity contribution < 1.29 is 14.3 Å². The number of allylic oxidation sites excluding steroid dienone is 1. The molecule has 0 unspecified atom stereocenters. The number of methoxy groups -OCH3 is 1. The number of carbonyl (C=O) groups excluding carboxylic acids is 1. The predicted octanol–water partition coefficient (Wildman–Crippen LogP) is 7.21. The van der Waals surface area contributed by atoms with E-state index in [4.69, 9.17) is 44.3 Å². The van der Waals surface area contributed by atoms with E-state index < -0.39 is 0 Å². The molecule has 5 nitrogen and oxygen atoms in total. The Bertz CT molecular complexity index is 1220. The molecule has 0 atom stereocenters. The maximum atomic E-state index is 12.1. The largest absolute Gasteiger partial charge is 0.493 e. The van der Waals surface area contributed by atoms with Gasteiger partial charge in [-0.1, -0.05) is 46.9 Å². The molecule has 1 amide bonds. The van der Waals surface area contributed by atoms with Crippen molar-refractivity contribution in [1.29, 1.82) is 0 Å². The van der Waals surface area contributed by atoms with Crippen LogP contribution in [0, 0.1) is 0 Å². The number of nitrogens with zero attached hydrogens (tertiary/aromatic N) is 1. The van der Waals surface area contributed by atoms with Crippen molar-refractivity contribution in [3.8, 4) is 11.5 Å². The number of nitrogens with one attached hydrogen (secondary N) is 1. The van der Waals surface area contributed by atoms with Gasteiger partial charge in [-0.2, -0.15) is 5.10 Å². The van der Waals surface area contributed by atoms with Crippen LogP contribution in [0.1, 0.15) is 16.7 Å². The number of ether oxygens (including phenoxy) is 2. The van der Waals surface area contributed by atoms with Crippen LogP contribution in [0.4, 0.5) is 0 Å². The molecule has 0 saturated carbocycles. The van der Waals surface area contributed by atoms with Gasteiger partial charge in [0.1, 0.15) is 6.61 Å². The summed E-state index contributed by atoms with van der Waals surface area (Å²) < 4.78 is 11.6. The van der Waals surface area contributed by atoms with Crippen LogP contribution in [0.3, 0.4) is 0 Å². The van der Waals surface area contributed by atoms with Crippen LogP contribution < -0.4 is 14.9 Å². The second kappa shape index (κ2) is 13.4. The molecule has 3 aromatic rings. The summed E-state index contributed by atoms with van der Waals surface area (Å²) in [4.78, 5) is 13.1. The Morgan fingerprint density at radius 1 is 1.06 bits per heavy atom. The van der Waals surface area contributed by atoms with Crippen molar-refractivity contribution in [1.82, 2.24) is 5.43 Å². The average molecular weight is 550 g/mol. The molecule has 0 heterocycles. The van der Waals surface area contributed by atoms with Crippen LogP contribution >= 0.6 is 46.6 Å². The van der Waals surface area contributed by atoms with Gasteiger partial charge in [0.15, 0.2) is 11.5 Å². The molecule has 0 aliphatic carbocycles. The number of benzene rings is 3. The van der Waals surface area contributed by atoms with Gasteiger partial charge in [-0.15, -0.1) is 18.3 Å². The molecule has 3 rings (SSSR count). The number of carbonyl (C=O) groups is 1. The molecule has 0 bridgehead atoms. The number of thioether (sulfide) groups is 1. The minimum absolute atomic E-state index is 0.223. The summed E-state index contributed by atoms with van der Waals surface area (Å²) in [5.41, 5.74) is 4.93. The lowest BCUT2D eigenvalue weighted by atomic mass is 10.1. The molecule has 182 valence electrons. The summed E-state index contributed by atoms with van der Waals surface area (Å²) in [6.07, 6.45) is 3.87. The fourth-order valence-corrected chi connectivity index (χ4v) is 4.34. The van der Waals surface area contributed by atoms with Crippen LogP contribution in [0.25, 0.3) is 0 Å². The first-order chi connectivity index (χ1) is 16.9. The molecule has 0 aliphatic rings. The Morgan fingerprint density at radius 3 is 2.49 bits per heavy atom. The highest BCUT2D eigenvalue weighted by Gasteiger charge is 2.14. The van der Waals surface area contributed by atoms with Crippen molar-refractivity contribution in [3.05, 3.63) is 99.0 Å². The molecule has 9 heteroatoms. The van der Waals surface area contributed by atoms with Gasteiger partial charge in [-0.3, -0.25) is 4.79 Å². The maximum Gasteiger partial charge on any atom is 0.250 e. The third-order valence-electron chi connectivity index (χ3n) is 4.71. The molecule has 35 heavy (non-hydrogen) atoms. The van der Waals surface area contributed by atoms with E-state index in [1.807, 2.05) is 24.3 Å². The fourth-order valence-electron chi connectivity index (χ4n) is 3.06. The minimum Gasteiger partial charge on any atom is -0.493 e. The summed E-state index contributed by atoms with van der Waals surface area (Å²) >= 11 is 19.5. The van der Waals surface area contributed by atoms with Crippen molar-refractivity contribution in [2.45, 2.75) is 17.9 Å². The quantitative estimate of drug-likeness (QED) is 0.119. The van der Waals surface area contributed by atoms with Crippen molar-refractivity contribution >= 4 is 58.7 Å². The lowest BCUT2D eigenvalue weighted by Crippen LogP contribution is -2.19. The van der Waals surface area contributed by atoms with E-state index in [9.17, 15) is 4.79 Å². The second-order valence-electron chi connectivity index (χ2n) is 7.26. The Morgan fingerprint density at radius 2 is 1.80 bits per heavy atom. The highest BCUT2D eigenvalue weighted by atomic mass is 35.5. The minimum atomic E-state index is -0.223. The molecular weight excluding hydrogens is 527 g/mol. The standard InChI is InChI=1S/C26H23Cl3N2O3S/c1-3-4-18-11-17(14-30-31-25(32)16-35-22-9-7-20(27)8-10-22)12-24(33-2)26(18)34-15-19-5-6-21(28)13-23(19)29/h3,5-14H,1,4,15-16H2,2H3,(H,31,32)/b30-14-. The topological polar surface area (TPSA) is 59.9 Å². The lowest BCUT2D eigenvalue weighted by molar-refractivity contribution is -0.118. The molecule has 0 spiro atoms. The second-order valence-corrected chi connectivity index (χ2v) is 9.59. The SMILES string of the molecule is C=CCc1cc(/C=N\NC(=O)CSc2ccc(Cl)cc2)cc(OC)c1OCc1ccc(Cl)cc1Cl. The number of amides is 1. The molecule has 3 aromatic carbocycles. The Hall–Kier alpha value is -2.64. The van der Waals surface area contributed by atoms with Crippen LogP contribution in [0.5, 0.6) is 11.5 Å². The van der Waals surface area contributed by atoms with Crippen molar-refractivity contribution in [2.24, 2.45) is 5.10 Å². The fraction of sp³-hybridized carbons (Fsp3) is 0.154. The Labute approximate surface area is 224 Å². The maximum absolute atomic E-state index is 12.1. The zero-order chi connectivity index (χ0) is 25.2. The van der Waals surface area contributed by atoms with E-state index in [1.165, 1.54) is 11.8 Å². The van der Waals surface area contributed by atoms with Gasteiger partial charge in [0.25, 0.3) is 0 Å². The normalized spacial score (nSPS) is 10.9. The van der Waals surface area contributed by atoms with Gasteiger partial charge in [0, 0.05) is 31.1 Å². The number of halogens is 3. The van der Waals surface area contributed by atoms with Gasteiger partial charge in [0.2, 0.25) is 5.91 Å². The third kappa shape index (κ3) is 8.22. The van der Waals surface area contributed by atoms with Gasteiger partial charge < -0.3 is 9.47 Å². The van der Waals surface area contributed by atoms with E-state index in [2.05, 4.69) is 17.1 Å². The zero-order valence-corrected chi connectivity index (χ0v) is 22.0. The van der Waals surface area contributed by atoms with E-state index in [0.717, 1.165) is 21.6 Å². The summed E-state index contributed by atoms with van der Waals surface area (Å²) in [6.45, 7) is 4.07. The van der Waals surface area contributed by atoms with E-state index in [-0.39, 0.29) is 18.3 Å². The first-order valence-corrected chi connectivity index (χ1v) is 12.6. The number of rotatable bonds is 11. The third-order valence-corrected chi connectivity index (χ3v) is 6.56. The summed E-state index contributed by atoms with van der Waals surface area (Å²) in [5, 5.41) is 5.81. The molecule has 0 fully saturated rings. The van der Waals surface area contributed by atoms with E-state index in [0.29, 0.717) is 33.0 Å². The molecule has 0 saturated heterocycles. The molecule has 1 N–H and O–H groups in total. The molecular formula is C26H23Cl3N2O3S. The van der Waals surface area contributed by atoms with Crippen molar-refractivity contribution in [3.63, 3.8) is 0 Å². The monoisotopic (exact) mass is 548 g/mol. The number of hydrazone groups is 1. The summed E-state index contributed by atoms with van der Waals surface area (Å²) in [5.74, 6) is 1.11. The lowest BCUT2D eigenvalue weighted by Gasteiger charge is -2.16. The molecule has 0 radical (unpaired) electrons. The Balaban J connectivity index is 1.67. The molecule has 0 aliphatic heterocycles. The summed E-state index contributed by atoms with van der Waals surface area (Å²) in [6, 6.07) is 16.2. The van der Waals surface area contributed by atoms with Crippen LogP contribution in [-0.4, -0.2) is 25.0 Å². The predicted molar refractivity (Wildman–Crippen MR) is 146 cm³/mol. The van der Waals surface area contributed by atoms with Crippen molar-refractivity contribution in [2.75, 3.05) is 12.9 Å². The first-order valence-electron chi connectivity index (χ1n) is 10.5. The van der Waals surface area contributed by atoms with E-state index >= 15 is 0 Å². The number of hydrogen-bond acceptors (Lipinski definition) is 5. The Kier molecular flexibility index (Phi) is 10.4. The van der Waals surface area contributed by atoms with Gasteiger partial charge >= 0.3 is 0 Å². The highest BCUT2D eigenvalue weighted by Crippen LogP contribution is 2.34. The van der Waals surface area contributed by atoms with Crippen LogP contribution in [-0.2, 0) is 17.8 Å². The van der Waals surface area contributed by atoms with Gasteiger partial charge in [-0.25, -0.2) is 5.43 Å². The van der Waals surface area contributed by atoms with E-state index in [1.54, 1.807) is 49.7 Å². The average Bonchev–Trinajstić information content (AvgIpc) is 2.84. The molecule has 0 aromatic heterocycles. The highest BCUT2D eigenvalue weighted by molar-refractivity contribution is 8.00. The van der Waals surface area contributed by atoms with Crippen LogP contribution in [0.2, 0.25) is 15.1 Å².